The Morgan fingerprint density at radius 1 is 0.298 bits per heavy atom. The van der Waals surface area contributed by atoms with Crippen molar-refractivity contribution in [2.45, 2.75) is 0 Å². The molecule has 0 bridgehead atoms. The van der Waals surface area contributed by atoms with Crippen molar-refractivity contribution in [3.05, 3.63) is 200 Å². The quantitative estimate of drug-likeness (QED) is 0.177. The lowest BCUT2D eigenvalue weighted by Crippen LogP contribution is -2.00. The molecule has 0 unspecified atom stereocenters. The molecule has 5 heteroatoms. The molecule has 0 amide bonds. The van der Waals surface area contributed by atoms with Gasteiger partial charge in [-0.15, -0.1) is 0 Å². The molecular weight excluding hydrogens is 695 g/mol. The van der Waals surface area contributed by atoms with Crippen LogP contribution in [0.15, 0.2) is 200 Å². The zero-order chi connectivity index (χ0) is 37.5. The van der Waals surface area contributed by atoms with Crippen LogP contribution in [0.4, 0.5) is 0 Å². The van der Waals surface area contributed by atoms with E-state index >= 15 is 0 Å². The van der Waals surface area contributed by atoms with Gasteiger partial charge in [0.2, 0.25) is 0 Å². The number of rotatable bonds is 5. The van der Waals surface area contributed by atoms with Crippen LogP contribution in [0.3, 0.4) is 0 Å². The van der Waals surface area contributed by atoms with Gasteiger partial charge in [0.1, 0.15) is 5.52 Å². The second-order valence-electron chi connectivity index (χ2n) is 14.6. The Labute approximate surface area is 328 Å². The first-order valence-electron chi connectivity index (χ1n) is 19.3. The number of hydrogen-bond donors (Lipinski definition) is 0. The van der Waals surface area contributed by atoms with Gasteiger partial charge in [-0.05, 0) is 66.7 Å². The molecule has 4 heterocycles. The fraction of sp³-hybridized carbons (Fsp3) is 0. The summed E-state index contributed by atoms with van der Waals surface area (Å²) in [6, 6.07) is 71.2. The van der Waals surface area contributed by atoms with Crippen LogP contribution in [0.1, 0.15) is 0 Å². The minimum atomic E-state index is 0.687. The zero-order valence-electron chi connectivity index (χ0n) is 30.8. The third-order valence-electron chi connectivity index (χ3n) is 11.4. The van der Waals surface area contributed by atoms with E-state index in [-0.39, 0.29) is 0 Å². The molecule has 12 aromatic rings. The number of fused-ring (bicyclic) bond motifs is 9. The Hall–Kier alpha value is -7.76. The molecule has 12 rings (SSSR count). The SMILES string of the molecule is c1ccc(-n2c3ccccc3c3ccc(-c4nc(-c5ccc(-n6c7ccccc7c7ccccc76)cc5)c5c(n4)c4ccccc4n5-c4ccccc4)cc32)cc1. The molecule has 0 aliphatic carbocycles. The average molecular weight is 728 g/mol. The highest BCUT2D eigenvalue weighted by molar-refractivity contribution is 6.13. The summed E-state index contributed by atoms with van der Waals surface area (Å²) in [5.74, 6) is 0.687. The van der Waals surface area contributed by atoms with Crippen molar-refractivity contribution in [2.24, 2.45) is 0 Å². The average Bonchev–Trinajstić information content (AvgIpc) is 3.92. The van der Waals surface area contributed by atoms with E-state index in [1.807, 2.05) is 0 Å². The lowest BCUT2D eigenvalue weighted by Gasteiger charge is -2.14. The van der Waals surface area contributed by atoms with Crippen molar-refractivity contribution >= 4 is 65.5 Å². The monoisotopic (exact) mass is 727 g/mol. The smallest absolute Gasteiger partial charge is 0.160 e. The van der Waals surface area contributed by atoms with E-state index in [0.29, 0.717) is 5.82 Å². The largest absolute Gasteiger partial charge is 0.309 e. The Balaban J connectivity index is 1.12. The molecule has 57 heavy (non-hydrogen) atoms. The first-order valence-corrected chi connectivity index (χ1v) is 19.3. The van der Waals surface area contributed by atoms with E-state index in [9.17, 15) is 0 Å². The van der Waals surface area contributed by atoms with Crippen LogP contribution in [-0.2, 0) is 0 Å². The third-order valence-corrected chi connectivity index (χ3v) is 11.4. The summed E-state index contributed by atoms with van der Waals surface area (Å²) in [6.45, 7) is 0. The predicted octanol–water partition coefficient (Wildman–Crippen LogP) is 13.1. The van der Waals surface area contributed by atoms with E-state index in [1.54, 1.807) is 0 Å². The van der Waals surface area contributed by atoms with Crippen molar-refractivity contribution in [1.82, 2.24) is 23.7 Å². The Kier molecular flexibility index (Phi) is 6.86. The van der Waals surface area contributed by atoms with Crippen molar-refractivity contribution in [2.75, 3.05) is 0 Å². The molecule has 0 N–H and O–H groups in total. The number of benzene rings is 8. The van der Waals surface area contributed by atoms with E-state index in [0.717, 1.165) is 61.3 Å². The van der Waals surface area contributed by atoms with Gasteiger partial charge in [-0.2, -0.15) is 0 Å². The normalized spacial score (nSPS) is 11.9. The van der Waals surface area contributed by atoms with Crippen LogP contribution in [0.5, 0.6) is 0 Å². The van der Waals surface area contributed by atoms with Gasteiger partial charge in [-0.25, -0.2) is 9.97 Å². The van der Waals surface area contributed by atoms with Gasteiger partial charge in [-0.3, -0.25) is 0 Å². The van der Waals surface area contributed by atoms with Crippen LogP contribution >= 0.6 is 0 Å². The summed E-state index contributed by atoms with van der Waals surface area (Å²) >= 11 is 0. The van der Waals surface area contributed by atoms with Gasteiger partial charge < -0.3 is 13.7 Å². The topological polar surface area (TPSA) is 40.6 Å². The standard InChI is InChI=1S/C52H33N5/c1-3-15-36(16-4-1)56-46-25-13-9-21-41(46)42-32-29-35(33-48(42)56)52-53-49(51-50(54-52)43-22-10-14-26-47(43)57(51)37-17-5-2-6-18-37)34-27-30-38(31-28-34)55-44-23-11-7-19-39(44)40-20-8-12-24-45(40)55/h1-33H. The molecule has 266 valence electrons. The predicted molar refractivity (Wildman–Crippen MR) is 236 cm³/mol. The van der Waals surface area contributed by atoms with E-state index < -0.39 is 0 Å². The van der Waals surface area contributed by atoms with Gasteiger partial charge >= 0.3 is 0 Å². The van der Waals surface area contributed by atoms with E-state index in [1.165, 1.54) is 38.1 Å². The second-order valence-corrected chi connectivity index (χ2v) is 14.6. The van der Waals surface area contributed by atoms with Crippen molar-refractivity contribution in [3.63, 3.8) is 0 Å². The summed E-state index contributed by atoms with van der Waals surface area (Å²) in [5, 5.41) is 5.99. The van der Waals surface area contributed by atoms with Crippen LogP contribution in [0, 0.1) is 0 Å². The summed E-state index contributed by atoms with van der Waals surface area (Å²) in [5.41, 5.74) is 13.8. The number of aromatic nitrogens is 5. The fourth-order valence-corrected chi connectivity index (χ4v) is 8.95. The Morgan fingerprint density at radius 2 is 0.719 bits per heavy atom. The highest BCUT2D eigenvalue weighted by Crippen LogP contribution is 2.40. The maximum atomic E-state index is 5.53. The van der Waals surface area contributed by atoms with Crippen molar-refractivity contribution < 1.29 is 0 Å². The molecule has 0 radical (unpaired) electrons. The van der Waals surface area contributed by atoms with Crippen molar-refractivity contribution in [3.8, 4) is 39.7 Å². The molecule has 0 saturated heterocycles. The van der Waals surface area contributed by atoms with Gasteiger partial charge in [0.25, 0.3) is 0 Å². The molecule has 8 aromatic carbocycles. The summed E-state index contributed by atoms with van der Waals surface area (Å²) in [7, 11) is 0. The van der Waals surface area contributed by atoms with Crippen LogP contribution in [0.2, 0.25) is 0 Å². The van der Waals surface area contributed by atoms with Gasteiger partial charge in [0.15, 0.2) is 5.82 Å². The highest BCUT2D eigenvalue weighted by atomic mass is 15.0. The zero-order valence-corrected chi connectivity index (χ0v) is 30.8. The molecule has 0 aliphatic heterocycles. The minimum absolute atomic E-state index is 0.687. The molecule has 0 spiro atoms. The van der Waals surface area contributed by atoms with Crippen LogP contribution in [-0.4, -0.2) is 23.7 Å². The van der Waals surface area contributed by atoms with Gasteiger partial charge in [-0.1, -0.05) is 133 Å². The van der Waals surface area contributed by atoms with Gasteiger partial charge in [0, 0.05) is 55.1 Å². The first-order chi connectivity index (χ1) is 28.3. The van der Waals surface area contributed by atoms with Crippen LogP contribution < -0.4 is 0 Å². The maximum Gasteiger partial charge on any atom is 0.160 e. The number of hydrogen-bond acceptors (Lipinski definition) is 2. The van der Waals surface area contributed by atoms with Crippen molar-refractivity contribution in [1.29, 1.82) is 0 Å². The van der Waals surface area contributed by atoms with Crippen LogP contribution in [0.25, 0.3) is 105 Å². The highest BCUT2D eigenvalue weighted by Gasteiger charge is 2.22. The Bertz CT molecular complexity index is 3450. The fourth-order valence-electron chi connectivity index (χ4n) is 8.95. The molecule has 0 aliphatic rings. The molecule has 0 fully saturated rings. The minimum Gasteiger partial charge on any atom is -0.309 e. The summed E-state index contributed by atoms with van der Waals surface area (Å²) < 4.78 is 7.03. The third kappa shape index (κ3) is 4.76. The maximum absolute atomic E-state index is 5.53. The molecular formula is C52H33N5. The number of para-hydroxylation sites is 6. The van der Waals surface area contributed by atoms with Gasteiger partial charge in [0.05, 0.1) is 38.8 Å². The lowest BCUT2D eigenvalue weighted by molar-refractivity contribution is 1.14. The second kappa shape index (κ2) is 12.4. The van der Waals surface area contributed by atoms with E-state index in [4.69, 9.17) is 9.97 Å². The summed E-state index contributed by atoms with van der Waals surface area (Å²) in [4.78, 5) is 11.0. The lowest BCUT2D eigenvalue weighted by atomic mass is 10.1. The molecule has 5 nitrogen and oxygen atoms in total. The molecule has 0 atom stereocenters. The molecule has 0 saturated carbocycles. The first kappa shape index (κ1) is 31.6. The van der Waals surface area contributed by atoms with E-state index in [2.05, 4.69) is 214 Å². The summed E-state index contributed by atoms with van der Waals surface area (Å²) in [6.07, 6.45) is 0. The Morgan fingerprint density at radius 3 is 1.30 bits per heavy atom. The molecule has 4 aromatic heterocycles. The number of nitrogens with zero attached hydrogens (tertiary/aromatic N) is 5.